The first-order valence-electron chi connectivity index (χ1n) is 10.5. The maximum Gasteiger partial charge on any atom is 0.251 e. The lowest BCUT2D eigenvalue weighted by Gasteiger charge is -2.32. The Hall–Kier alpha value is -3.04. The fourth-order valence-electron chi connectivity index (χ4n) is 3.77. The van der Waals surface area contributed by atoms with Crippen LogP contribution in [0.25, 0.3) is 6.08 Å². The number of nitrogens with two attached hydrogens (primary N) is 1. The van der Waals surface area contributed by atoms with Crippen molar-refractivity contribution in [1.82, 2.24) is 19.8 Å². The summed E-state index contributed by atoms with van der Waals surface area (Å²) in [5, 5.41) is 3.45. The highest BCUT2D eigenvalue weighted by molar-refractivity contribution is 5.63. The molecule has 0 saturated carbocycles. The lowest BCUT2D eigenvalue weighted by atomic mass is 10.0. The molecular weight excluding hydrogens is 416 g/mol. The van der Waals surface area contributed by atoms with Crippen LogP contribution in [0.15, 0.2) is 47.7 Å². The van der Waals surface area contributed by atoms with Crippen LogP contribution in [0.1, 0.15) is 24.1 Å². The van der Waals surface area contributed by atoms with E-state index in [2.05, 4.69) is 21.8 Å². The third kappa shape index (κ3) is 6.02. The molecule has 3 heterocycles. The number of nitrogens with one attached hydrogen (secondary N) is 1. The molecule has 0 atom stereocenters. The molecule has 0 amide bonds. The smallest absolute Gasteiger partial charge is 0.251 e. The number of halogens is 2. The minimum absolute atomic E-state index is 0.00721. The van der Waals surface area contributed by atoms with Gasteiger partial charge in [-0.25, -0.2) is 13.8 Å². The highest BCUT2D eigenvalue weighted by Crippen LogP contribution is 2.17. The lowest BCUT2D eigenvalue weighted by molar-refractivity contribution is 0.190. The van der Waals surface area contributed by atoms with E-state index >= 15 is 0 Å². The predicted octanol–water partition coefficient (Wildman–Crippen LogP) is 2.72. The number of hydrogen-bond donors (Lipinski definition) is 2. The third-order valence-electron chi connectivity index (χ3n) is 5.61. The molecule has 7 nitrogen and oxygen atoms in total. The Balaban J connectivity index is 1.52. The summed E-state index contributed by atoms with van der Waals surface area (Å²) in [6.45, 7) is 6.71. The molecule has 1 aliphatic rings. The summed E-state index contributed by atoms with van der Waals surface area (Å²) in [5.41, 5.74) is 7.20. The molecule has 0 unspecified atom stereocenters. The standard InChI is InChI=1S/C23H29F2N5O2/c1-3-17(24)13-21-20(26)4-5-22(31)30(21)11-10-29-8-6-18(7-9-29)27-14-16-12-19(25)23(32-2)28-15-16/h3-5,12-13,15,18,27H,1,6-11,14,26H2,2H3/b17-13+. The third-order valence-corrected chi connectivity index (χ3v) is 5.61. The molecule has 3 N–H and O–H groups in total. The number of nitrogen functional groups attached to an aromatic ring is 1. The molecule has 0 radical (unpaired) electrons. The van der Waals surface area contributed by atoms with Crippen molar-refractivity contribution in [2.24, 2.45) is 0 Å². The summed E-state index contributed by atoms with van der Waals surface area (Å²) in [4.78, 5) is 18.6. The van der Waals surface area contributed by atoms with Crippen LogP contribution >= 0.6 is 0 Å². The summed E-state index contributed by atoms with van der Waals surface area (Å²) in [6, 6.07) is 4.62. The summed E-state index contributed by atoms with van der Waals surface area (Å²) in [7, 11) is 1.39. The van der Waals surface area contributed by atoms with E-state index in [9.17, 15) is 13.6 Å². The van der Waals surface area contributed by atoms with Crippen molar-refractivity contribution in [3.05, 3.63) is 70.3 Å². The predicted molar refractivity (Wildman–Crippen MR) is 121 cm³/mol. The number of piperidine rings is 1. The van der Waals surface area contributed by atoms with Gasteiger partial charge in [-0.3, -0.25) is 4.79 Å². The van der Waals surface area contributed by atoms with Gasteiger partial charge in [0.25, 0.3) is 5.56 Å². The minimum atomic E-state index is -0.546. The van der Waals surface area contributed by atoms with Crippen LogP contribution in [0.2, 0.25) is 0 Å². The number of methoxy groups -OCH3 is 1. The second-order valence-corrected chi connectivity index (χ2v) is 7.73. The second kappa shape index (κ2) is 11.0. The van der Waals surface area contributed by atoms with Crippen LogP contribution in [0, 0.1) is 5.82 Å². The monoisotopic (exact) mass is 445 g/mol. The Morgan fingerprint density at radius 2 is 2.12 bits per heavy atom. The number of likely N-dealkylation sites (tertiary alicyclic amines) is 1. The maximum atomic E-state index is 13.8. The molecule has 0 aromatic carbocycles. The summed E-state index contributed by atoms with van der Waals surface area (Å²) in [6.07, 6.45) is 5.77. The molecule has 9 heteroatoms. The Labute approximate surface area is 186 Å². The fourth-order valence-corrected chi connectivity index (χ4v) is 3.77. The van der Waals surface area contributed by atoms with E-state index in [4.69, 9.17) is 10.5 Å². The van der Waals surface area contributed by atoms with E-state index in [1.165, 1.54) is 36.0 Å². The van der Waals surface area contributed by atoms with E-state index in [1.807, 2.05) is 0 Å². The first-order valence-corrected chi connectivity index (χ1v) is 10.5. The topological polar surface area (TPSA) is 85.4 Å². The lowest BCUT2D eigenvalue weighted by Crippen LogP contribution is -2.43. The van der Waals surface area contributed by atoms with E-state index in [1.54, 1.807) is 6.20 Å². The van der Waals surface area contributed by atoms with Crippen LogP contribution in [0.5, 0.6) is 5.88 Å². The highest BCUT2D eigenvalue weighted by atomic mass is 19.1. The van der Waals surface area contributed by atoms with Crippen LogP contribution in [-0.2, 0) is 13.1 Å². The van der Waals surface area contributed by atoms with Gasteiger partial charge in [0.15, 0.2) is 5.82 Å². The fraction of sp³-hybridized carbons (Fsp3) is 0.391. The molecule has 0 aliphatic carbocycles. The molecular formula is C23H29F2N5O2. The SMILES string of the molecule is C=C/C(F)=C\c1c(N)ccc(=O)n1CCN1CCC(NCc2cnc(OC)c(F)c2)CC1. The number of pyridine rings is 2. The number of rotatable bonds is 9. The van der Waals surface area contributed by atoms with Crippen LogP contribution in [0.3, 0.4) is 0 Å². The first kappa shape index (κ1) is 23.6. The van der Waals surface area contributed by atoms with Gasteiger partial charge in [-0.2, -0.15) is 0 Å². The molecule has 1 fully saturated rings. The first-order chi connectivity index (χ1) is 15.4. The Bertz CT molecular complexity index is 1030. The van der Waals surface area contributed by atoms with Gasteiger partial charge in [-0.15, -0.1) is 0 Å². The number of aromatic nitrogens is 2. The zero-order valence-electron chi connectivity index (χ0n) is 18.2. The van der Waals surface area contributed by atoms with Gasteiger partial charge in [-0.1, -0.05) is 6.58 Å². The zero-order valence-corrected chi connectivity index (χ0v) is 18.2. The van der Waals surface area contributed by atoms with Crippen molar-refractivity contribution >= 4 is 11.8 Å². The average Bonchev–Trinajstić information content (AvgIpc) is 2.80. The van der Waals surface area contributed by atoms with Gasteiger partial charge in [-0.05, 0) is 55.8 Å². The summed E-state index contributed by atoms with van der Waals surface area (Å²) in [5.74, 6) is -1.03. The maximum absolute atomic E-state index is 13.8. The van der Waals surface area contributed by atoms with Gasteiger partial charge in [0.05, 0.1) is 18.5 Å². The summed E-state index contributed by atoms with van der Waals surface area (Å²) < 4.78 is 33.8. The number of allylic oxidation sites excluding steroid dienone is 2. The van der Waals surface area contributed by atoms with E-state index in [0.29, 0.717) is 37.1 Å². The second-order valence-electron chi connectivity index (χ2n) is 7.73. The van der Waals surface area contributed by atoms with Crippen molar-refractivity contribution in [2.45, 2.75) is 32.0 Å². The molecule has 1 saturated heterocycles. The number of nitrogens with zero attached hydrogens (tertiary/aromatic N) is 3. The van der Waals surface area contributed by atoms with Crippen molar-refractivity contribution in [2.75, 3.05) is 32.5 Å². The van der Waals surface area contributed by atoms with E-state index in [-0.39, 0.29) is 11.4 Å². The molecule has 0 spiro atoms. The highest BCUT2D eigenvalue weighted by Gasteiger charge is 2.19. The minimum Gasteiger partial charge on any atom is -0.479 e. The van der Waals surface area contributed by atoms with E-state index < -0.39 is 11.6 Å². The number of ether oxygens (including phenoxy) is 1. The average molecular weight is 446 g/mol. The molecule has 0 bridgehead atoms. The molecule has 3 rings (SSSR count). The van der Waals surface area contributed by atoms with Gasteiger partial charge in [0.1, 0.15) is 5.83 Å². The Morgan fingerprint density at radius 1 is 1.38 bits per heavy atom. The normalized spacial score (nSPS) is 15.7. The van der Waals surface area contributed by atoms with Gasteiger partial charge in [0.2, 0.25) is 5.88 Å². The number of anilines is 1. The van der Waals surface area contributed by atoms with Crippen molar-refractivity contribution in [3.8, 4) is 5.88 Å². The van der Waals surface area contributed by atoms with Gasteiger partial charge >= 0.3 is 0 Å². The van der Waals surface area contributed by atoms with Crippen LogP contribution < -0.4 is 21.3 Å². The number of hydrogen-bond acceptors (Lipinski definition) is 6. The van der Waals surface area contributed by atoms with Gasteiger partial charge < -0.3 is 25.3 Å². The van der Waals surface area contributed by atoms with Crippen molar-refractivity contribution < 1.29 is 13.5 Å². The molecule has 2 aromatic rings. The van der Waals surface area contributed by atoms with Gasteiger partial charge in [0, 0.05) is 37.9 Å². The molecule has 2 aromatic heterocycles. The molecule has 32 heavy (non-hydrogen) atoms. The Morgan fingerprint density at radius 3 is 2.78 bits per heavy atom. The van der Waals surface area contributed by atoms with Crippen LogP contribution in [0.4, 0.5) is 14.5 Å². The molecule has 172 valence electrons. The Kier molecular flexibility index (Phi) is 8.13. The van der Waals surface area contributed by atoms with Crippen molar-refractivity contribution in [1.29, 1.82) is 0 Å². The largest absolute Gasteiger partial charge is 0.479 e. The van der Waals surface area contributed by atoms with E-state index in [0.717, 1.165) is 37.6 Å². The van der Waals surface area contributed by atoms with Crippen molar-refractivity contribution in [3.63, 3.8) is 0 Å². The van der Waals surface area contributed by atoms with Crippen LogP contribution in [-0.4, -0.2) is 47.2 Å². The quantitative estimate of drug-likeness (QED) is 0.578. The molecule has 1 aliphatic heterocycles. The summed E-state index contributed by atoms with van der Waals surface area (Å²) >= 11 is 0. The zero-order chi connectivity index (χ0) is 23.1.